The SMILES string of the molecule is COc1ccc(-c2nnc(N[C@H]3N=C(c4ccccc4)c4ccccc4NC3=O)o2)c(N2CCOCC2)n1. The Morgan fingerprint density at radius 1 is 0.974 bits per heavy atom. The molecule has 2 aromatic carbocycles. The van der Waals surface area contributed by atoms with Crippen molar-refractivity contribution in [2.75, 3.05) is 48.9 Å². The smallest absolute Gasteiger partial charge is 0.317 e. The first-order valence-corrected chi connectivity index (χ1v) is 12.2. The van der Waals surface area contributed by atoms with Gasteiger partial charge in [0.15, 0.2) is 0 Å². The van der Waals surface area contributed by atoms with Crippen LogP contribution < -0.4 is 20.3 Å². The number of benzodiazepines with no additional fused rings is 1. The molecule has 11 heteroatoms. The molecule has 0 aliphatic carbocycles. The van der Waals surface area contributed by atoms with Gasteiger partial charge in [0.2, 0.25) is 12.0 Å². The van der Waals surface area contributed by atoms with Crippen LogP contribution in [0.15, 0.2) is 76.1 Å². The Bertz CT molecular complexity index is 1480. The van der Waals surface area contributed by atoms with Gasteiger partial charge >= 0.3 is 6.01 Å². The summed E-state index contributed by atoms with van der Waals surface area (Å²) >= 11 is 0. The lowest BCUT2D eigenvalue weighted by Gasteiger charge is -2.29. The molecule has 1 fully saturated rings. The molecule has 4 aromatic rings. The molecule has 192 valence electrons. The zero-order valence-electron chi connectivity index (χ0n) is 20.6. The van der Waals surface area contributed by atoms with E-state index in [1.807, 2.05) is 60.7 Å². The topological polar surface area (TPSA) is 127 Å². The predicted octanol–water partition coefficient (Wildman–Crippen LogP) is 3.20. The largest absolute Gasteiger partial charge is 0.481 e. The number of ether oxygens (including phenoxy) is 2. The van der Waals surface area contributed by atoms with E-state index in [1.54, 1.807) is 13.2 Å². The third kappa shape index (κ3) is 4.66. The Balaban J connectivity index is 1.32. The van der Waals surface area contributed by atoms with E-state index in [1.165, 1.54) is 0 Å². The highest BCUT2D eigenvalue weighted by molar-refractivity contribution is 6.19. The van der Waals surface area contributed by atoms with E-state index >= 15 is 0 Å². The van der Waals surface area contributed by atoms with E-state index in [9.17, 15) is 4.79 Å². The number of para-hydroxylation sites is 1. The maximum absolute atomic E-state index is 13.2. The normalized spacial score (nSPS) is 17.2. The van der Waals surface area contributed by atoms with Crippen LogP contribution in [0.2, 0.25) is 0 Å². The molecular weight excluding hydrogens is 486 g/mol. The number of carbonyl (C=O) groups is 1. The van der Waals surface area contributed by atoms with Crippen LogP contribution >= 0.6 is 0 Å². The van der Waals surface area contributed by atoms with Gasteiger partial charge in [-0.2, -0.15) is 4.98 Å². The number of amides is 1. The van der Waals surface area contributed by atoms with E-state index in [0.29, 0.717) is 55.0 Å². The van der Waals surface area contributed by atoms with Crippen LogP contribution in [0.4, 0.5) is 17.5 Å². The van der Waals surface area contributed by atoms with Gasteiger partial charge < -0.3 is 29.4 Å². The minimum atomic E-state index is -1.00. The number of aliphatic imine (C=N–C) groups is 1. The molecule has 0 spiro atoms. The molecule has 2 aromatic heterocycles. The monoisotopic (exact) mass is 511 g/mol. The zero-order chi connectivity index (χ0) is 25.9. The minimum Gasteiger partial charge on any atom is -0.481 e. The Morgan fingerprint density at radius 2 is 1.76 bits per heavy atom. The minimum absolute atomic E-state index is 0.0611. The molecule has 2 aliphatic rings. The van der Waals surface area contributed by atoms with Crippen molar-refractivity contribution in [3.05, 3.63) is 77.9 Å². The Morgan fingerprint density at radius 3 is 2.58 bits per heavy atom. The number of benzene rings is 2. The van der Waals surface area contributed by atoms with E-state index in [2.05, 4.69) is 30.7 Å². The number of fused-ring (bicyclic) bond motifs is 1. The summed E-state index contributed by atoms with van der Waals surface area (Å²) in [5.41, 5.74) is 3.70. The molecule has 6 rings (SSSR count). The molecule has 2 N–H and O–H groups in total. The second-order valence-corrected chi connectivity index (χ2v) is 8.66. The van der Waals surface area contributed by atoms with Crippen LogP contribution in [-0.2, 0) is 9.53 Å². The molecule has 4 heterocycles. The van der Waals surface area contributed by atoms with Gasteiger partial charge in [-0.3, -0.25) is 4.79 Å². The second kappa shape index (κ2) is 10.3. The van der Waals surface area contributed by atoms with Gasteiger partial charge in [-0.15, -0.1) is 5.10 Å². The van der Waals surface area contributed by atoms with Crippen molar-refractivity contribution in [2.24, 2.45) is 4.99 Å². The fourth-order valence-electron chi connectivity index (χ4n) is 4.42. The third-order valence-corrected chi connectivity index (χ3v) is 6.28. The number of morpholine rings is 1. The van der Waals surface area contributed by atoms with Crippen molar-refractivity contribution in [1.29, 1.82) is 0 Å². The van der Waals surface area contributed by atoms with Crippen molar-refractivity contribution >= 4 is 29.1 Å². The number of rotatable bonds is 6. The van der Waals surface area contributed by atoms with Crippen LogP contribution in [0.3, 0.4) is 0 Å². The first kappa shape index (κ1) is 23.6. The van der Waals surface area contributed by atoms with E-state index in [4.69, 9.17) is 18.9 Å². The molecule has 0 bridgehead atoms. The number of carbonyl (C=O) groups excluding carboxylic acids is 1. The molecule has 2 aliphatic heterocycles. The molecule has 1 atom stereocenters. The fraction of sp³-hybridized carbons (Fsp3) is 0.222. The van der Waals surface area contributed by atoms with Crippen molar-refractivity contribution in [1.82, 2.24) is 15.2 Å². The summed E-state index contributed by atoms with van der Waals surface area (Å²) in [4.78, 5) is 24.6. The van der Waals surface area contributed by atoms with Crippen molar-refractivity contribution in [3.8, 4) is 17.3 Å². The molecule has 0 saturated carbocycles. The summed E-state index contributed by atoms with van der Waals surface area (Å²) in [6.45, 7) is 2.53. The second-order valence-electron chi connectivity index (χ2n) is 8.66. The quantitative estimate of drug-likeness (QED) is 0.401. The van der Waals surface area contributed by atoms with Gasteiger partial charge in [0.25, 0.3) is 11.8 Å². The number of nitrogens with one attached hydrogen (secondary N) is 2. The van der Waals surface area contributed by atoms with E-state index in [0.717, 1.165) is 11.1 Å². The summed E-state index contributed by atoms with van der Waals surface area (Å²) < 4.78 is 16.8. The lowest BCUT2D eigenvalue weighted by molar-refractivity contribution is -0.116. The standard InChI is InChI=1S/C27H25N7O4/c1-36-21-12-11-19(24(29-21)34-13-15-37-16-14-34)26-32-33-27(38-26)31-23-25(35)28-20-10-6-5-9-18(20)22(30-23)17-7-3-2-4-8-17/h2-12,23H,13-16H2,1H3,(H,28,35)(H,31,33)/t23-/m1/s1. The molecule has 0 unspecified atom stereocenters. The van der Waals surface area contributed by atoms with E-state index in [-0.39, 0.29) is 17.8 Å². The lowest BCUT2D eigenvalue weighted by Crippen LogP contribution is -2.37. The Labute approximate surface area is 218 Å². The summed E-state index contributed by atoms with van der Waals surface area (Å²) in [5, 5.41) is 14.3. The third-order valence-electron chi connectivity index (χ3n) is 6.28. The summed E-state index contributed by atoms with van der Waals surface area (Å²) in [5.74, 6) is 1.05. The highest BCUT2D eigenvalue weighted by Crippen LogP contribution is 2.32. The van der Waals surface area contributed by atoms with Gasteiger partial charge in [-0.25, -0.2) is 4.99 Å². The molecule has 0 radical (unpaired) electrons. The number of pyridine rings is 1. The molecular formula is C27H25N7O4. The summed E-state index contributed by atoms with van der Waals surface area (Å²) in [6, 6.07) is 20.9. The number of hydrogen-bond acceptors (Lipinski definition) is 10. The average molecular weight is 512 g/mol. The van der Waals surface area contributed by atoms with Crippen LogP contribution in [0.5, 0.6) is 5.88 Å². The first-order valence-electron chi connectivity index (χ1n) is 12.2. The summed E-state index contributed by atoms with van der Waals surface area (Å²) in [7, 11) is 1.57. The lowest BCUT2D eigenvalue weighted by atomic mass is 10.0. The van der Waals surface area contributed by atoms with Gasteiger partial charge in [-0.05, 0) is 12.1 Å². The maximum Gasteiger partial charge on any atom is 0.317 e. The fourth-order valence-corrected chi connectivity index (χ4v) is 4.42. The van der Waals surface area contributed by atoms with Crippen molar-refractivity contribution in [3.63, 3.8) is 0 Å². The van der Waals surface area contributed by atoms with Gasteiger partial charge in [0, 0.05) is 30.3 Å². The highest BCUT2D eigenvalue weighted by Gasteiger charge is 2.28. The number of aromatic nitrogens is 3. The summed E-state index contributed by atoms with van der Waals surface area (Å²) in [6.07, 6.45) is -1.00. The van der Waals surface area contributed by atoms with Crippen molar-refractivity contribution < 1.29 is 18.7 Å². The molecule has 11 nitrogen and oxygen atoms in total. The number of anilines is 3. The number of nitrogens with zero attached hydrogens (tertiary/aromatic N) is 5. The molecule has 38 heavy (non-hydrogen) atoms. The van der Waals surface area contributed by atoms with Crippen LogP contribution in [0, 0.1) is 0 Å². The number of methoxy groups -OCH3 is 1. The predicted molar refractivity (Wildman–Crippen MR) is 142 cm³/mol. The molecule has 1 amide bonds. The Hall–Kier alpha value is -4.77. The van der Waals surface area contributed by atoms with E-state index < -0.39 is 6.17 Å². The van der Waals surface area contributed by atoms with Gasteiger partial charge in [0.1, 0.15) is 5.82 Å². The first-order chi connectivity index (χ1) is 18.7. The highest BCUT2D eigenvalue weighted by atomic mass is 16.5. The maximum atomic E-state index is 13.2. The van der Waals surface area contributed by atoms with Crippen molar-refractivity contribution in [2.45, 2.75) is 6.17 Å². The van der Waals surface area contributed by atoms with Crippen LogP contribution in [0.25, 0.3) is 11.5 Å². The van der Waals surface area contributed by atoms with Crippen LogP contribution in [0.1, 0.15) is 11.1 Å². The number of hydrogen-bond donors (Lipinski definition) is 2. The van der Waals surface area contributed by atoms with Gasteiger partial charge in [0.05, 0.1) is 37.3 Å². The average Bonchev–Trinajstić information content (AvgIpc) is 3.39. The zero-order valence-corrected chi connectivity index (χ0v) is 20.6. The molecule has 1 saturated heterocycles. The van der Waals surface area contributed by atoms with Gasteiger partial charge in [-0.1, -0.05) is 53.6 Å². The van der Waals surface area contributed by atoms with Crippen LogP contribution in [-0.4, -0.2) is 66.4 Å². The Kier molecular flexibility index (Phi) is 6.40.